The van der Waals surface area contributed by atoms with Gasteiger partial charge in [0.1, 0.15) is 0 Å². The Bertz CT molecular complexity index is 476. The fourth-order valence-electron chi connectivity index (χ4n) is 2.05. The first-order chi connectivity index (χ1) is 9.70. The minimum atomic E-state index is -0.0807. The van der Waals surface area contributed by atoms with E-state index in [0.29, 0.717) is 25.4 Å². The molecule has 2 N–H and O–H groups in total. The number of unbranched alkanes of at least 4 members (excludes halogenated alkanes) is 1. The first-order valence-electron chi connectivity index (χ1n) is 6.72. The number of halogens is 1. The number of rotatable bonds is 6. The third kappa shape index (κ3) is 3.87. The van der Waals surface area contributed by atoms with Gasteiger partial charge in [-0.3, -0.25) is 9.69 Å². The molecule has 0 spiro atoms. The lowest BCUT2D eigenvalue weighted by Gasteiger charge is -2.14. The van der Waals surface area contributed by atoms with Crippen LogP contribution < -0.4 is 15.5 Å². The smallest absolute Gasteiger partial charge is 0.321 e. The van der Waals surface area contributed by atoms with Crippen LogP contribution in [0.3, 0.4) is 0 Å². The standard InChI is InChI=1S/C14H18ClN3O2/c15-8-2-1-3-13(19)17-11-4-6-12(7-5-11)18-10-9-16-14(18)20/h4-7H,1-3,8-10H2,(H,16,20)(H,17,19). The molecular weight excluding hydrogens is 278 g/mol. The molecule has 108 valence electrons. The van der Waals surface area contributed by atoms with Crippen LogP contribution in [0.1, 0.15) is 19.3 Å². The Morgan fingerprint density at radius 3 is 2.65 bits per heavy atom. The van der Waals surface area contributed by atoms with Crippen LogP contribution in [0.5, 0.6) is 0 Å². The molecular formula is C14H18ClN3O2. The van der Waals surface area contributed by atoms with Crippen molar-refractivity contribution in [1.82, 2.24) is 5.32 Å². The highest BCUT2D eigenvalue weighted by molar-refractivity contribution is 6.17. The van der Waals surface area contributed by atoms with Crippen molar-refractivity contribution >= 4 is 34.9 Å². The fourth-order valence-corrected chi connectivity index (χ4v) is 2.24. The van der Waals surface area contributed by atoms with Gasteiger partial charge in [0.25, 0.3) is 0 Å². The highest BCUT2D eigenvalue weighted by Crippen LogP contribution is 2.19. The number of benzene rings is 1. The van der Waals surface area contributed by atoms with Crippen molar-refractivity contribution in [2.45, 2.75) is 19.3 Å². The maximum atomic E-state index is 11.7. The van der Waals surface area contributed by atoms with E-state index in [4.69, 9.17) is 11.6 Å². The highest BCUT2D eigenvalue weighted by Gasteiger charge is 2.20. The SMILES string of the molecule is O=C(CCCCCl)Nc1ccc(N2CCNC2=O)cc1. The third-order valence-corrected chi connectivity index (χ3v) is 3.37. The van der Waals surface area contributed by atoms with Gasteiger partial charge in [-0.2, -0.15) is 0 Å². The Labute approximate surface area is 123 Å². The molecule has 0 unspecified atom stereocenters. The molecule has 1 aromatic rings. The minimum Gasteiger partial charge on any atom is -0.336 e. The van der Waals surface area contributed by atoms with Crippen molar-refractivity contribution in [2.75, 3.05) is 29.2 Å². The molecule has 1 aliphatic rings. The molecule has 1 aromatic carbocycles. The number of anilines is 2. The minimum absolute atomic E-state index is 0.0122. The number of carbonyl (C=O) groups is 2. The molecule has 1 heterocycles. The Hall–Kier alpha value is -1.75. The van der Waals surface area contributed by atoms with E-state index < -0.39 is 0 Å². The maximum Gasteiger partial charge on any atom is 0.321 e. The average Bonchev–Trinajstić information content (AvgIpc) is 2.86. The molecule has 0 atom stereocenters. The van der Waals surface area contributed by atoms with Gasteiger partial charge in [-0.15, -0.1) is 11.6 Å². The topological polar surface area (TPSA) is 61.4 Å². The average molecular weight is 296 g/mol. The lowest BCUT2D eigenvalue weighted by molar-refractivity contribution is -0.116. The van der Waals surface area contributed by atoms with E-state index in [1.54, 1.807) is 17.0 Å². The van der Waals surface area contributed by atoms with Gasteiger partial charge in [0.2, 0.25) is 5.91 Å². The number of amides is 3. The lowest BCUT2D eigenvalue weighted by atomic mass is 10.2. The Kier molecular flexibility index (Phi) is 5.24. The van der Waals surface area contributed by atoms with E-state index in [1.165, 1.54) is 0 Å². The number of hydrogen-bond acceptors (Lipinski definition) is 2. The summed E-state index contributed by atoms with van der Waals surface area (Å²) in [4.78, 5) is 24.8. The summed E-state index contributed by atoms with van der Waals surface area (Å²) >= 11 is 5.57. The maximum absolute atomic E-state index is 11.7. The van der Waals surface area contributed by atoms with Gasteiger partial charge in [-0.25, -0.2) is 4.79 Å². The zero-order chi connectivity index (χ0) is 14.4. The van der Waals surface area contributed by atoms with Gasteiger partial charge in [0.15, 0.2) is 0 Å². The molecule has 0 bridgehead atoms. The predicted molar refractivity (Wildman–Crippen MR) is 80.4 cm³/mol. The van der Waals surface area contributed by atoms with Crippen molar-refractivity contribution in [3.8, 4) is 0 Å². The molecule has 0 aromatic heterocycles. The highest BCUT2D eigenvalue weighted by atomic mass is 35.5. The second kappa shape index (κ2) is 7.14. The number of alkyl halides is 1. The quantitative estimate of drug-likeness (QED) is 0.626. The number of carbonyl (C=O) groups excluding carboxylic acids is 2. The van der Waals surface area contributed by atoms with Crippen LogP contribution >= 0.6 is 11.6 Å². The van der Waals surface area contributed by atoms with Gasteiger partial charge < -0.3 is 10.6 Å². The summed E-state index contributed by atoms with van der Waals surface area (Å²) in [5, 5.41) is 5.58. The summed E-state index contributed by atoms with van der Waals surface area (Å²) in [5.74, 6) is 0.571. The predicted octanol–water partition coefficient (Wildman–Crippen LogP) is 2.56. The summed E-state index contributed by atoms with van der Waals surface area (Å²) in [5.41, 5.74) is 1.57. The van der Waals surface area contributed by atoms with E-state index in [1.807, 2.05) is 12.1 Å². The molecule has 6 heteroatoms. The molecule has 0 aliphatic carbocycles. The van der Waals surface area contributed by atoms with Crippen LogP contribution in [0.15, 0.2) is 24.3 Å². The van der Waals surface area contributed by atoms with E-state index in [-0.39, 0.29) is 11.9 Å². The van der Waals surface area contributed by atoms with Gasteiger partial charge in [-0.1, -0.05) is 0 Å². The van der Waals surface area contributed by atoms with Gasteiger partial charge in [0, 0.05) is 36.8 Å². The number of hydrogen-bond donors (Lipinski definition) is 2. The molecule has 0 radical (unpaired) electrons. The van der Waals surface area contributed by atoms with Gasteiger partial charge in [0.05, 0.1) is 0 Å². The third-order valence-electron chi connectivity index (χ3n) is 3.11. The largest absolute Gasteiger partial charge is 0.336 e. The second-order valence-corrected chi connectivity index (χ2v) is 5.00. The molecule has 20 heavy (non-hydrogen) atoms. The van der Waals surface area contributed by atoms with Gasteiger partial charge >= 0.3 is 6.03 Å². The van der Waals surface area contributed by atoms with Crippen LogP contribution in [0, 0.1) is 0 Å². The summed E-state index contributed by atoms with van der Waals surface area (Å²) in [6.07, 6.45) is 2.11. The molecule has 3 amide bonds. The normalized spacial score (nSPS) is 14.2. The van der Waals surface area contributed by atoms with E-state index in [0.717, 1.165) is 24.2 Å². The summed E-state index contributed by atoms with van der Waals surface area (Å²) in [6.45, 7) is 1.33. The Morgan fingerprint density at radius 2 is 2.05 bits per heavy atom. The number of urea groups is 1. The molecule has 2 rings (SSSR count). The van der Waals surface area contributed by atoms with Crippen molar-refractivity contribution < 1.29 is 9.59 Å². The zero-order valence-electron chi connectivity index (χ0n) is 11.2. The summed E-state index contributed by atoms with van der Waals surface area (Å²) in [7, 11) is 0. The number of nitrogens with zero attached hydrogens (tertiary/aromatic N) is 1. The van der Waals surface area contributed by atoms with Crippen LogP contribution in [0.2, 0.25) is 0 Å². The van der Waals surface area contributed by atoms with Crippen molar-refractivity contribution in [3.05, 3.63) is 24.3 Å². The summed E-state index contributed by atoms with van der Waals surface area (Å²) < 4.78 is 0. The first-order valence-corrected chi connectivity index (χ1v) is 7.25. The zero-order valence-corrected chi connectivity index (χ0v) is 11.9. The lowest BCUT2D eigenvalue weighted by Crippen LogP contribution is -2.27. The Morgan fingerprint density at radius 1 is 1.30 bits per heavy atom. The molecule has 1 aliphatic heterocycles. The second-order valence-electron chi connectivity index (χ2n) is 4.62. The van der Waals surface area contributed by atoms with E-state index >= 15 is 0 Å². The summed E-state index contributed by atoms with van der Waals surface area (Å²) in [6, 6.07) is 7.20. The monoisotopic (exact) mass is 295 g/mol. The van der Waals surface area contributed by atoms with E-state index in [9.17, 15) is 9.59 Å². The van der Waals surface area contributed by atoms with E-state index in [2.05, 4.69) is 10.6 Å². The first kappa shape index (κ1) is 14.7. The van der Waals surface area contributed by atoms with Crippen molar-refractivity contribution in [2.24, 2.45) is 0 Å². The molecule has 1 saturated heterocycles. The van der Waals surface area contributed by atoms with Crippen LogP contribution in [0.4, 0.5) is 16.2 Å². The fraction of sp³-hybridized carbons (Fsp3) is 0.429. The van der Waals surface area contributed by atoms with Crippen LogP contribution in [-0.4, -0.2) is 30.9 Å². The van der Waals surface area contributed by atoms with Crippen LogP contribution in [-0.2, 0) is 4.79 Å². The van der Waals surface area contributed by atoms with Crippen LogP contribution in [0.25, 0.3) is 0 Å². The van der Waals surface area contributed by atoms with Crippen molar-refractivity contribution in [3.63, 3.8) is 0 Å². The molecule has 0 saturated carbocycles. The molecule has 5 nitrogen and oxygen atoms in total. The number of nitrogens with one attached hydrogen (secondary N) is 2. The Balaban J connectivity index is 1.88. The van der Waals surface area contributed by atoms with Crippen molar-refractivity contribution in [1.29, 1.82) is 0 Å². The molecule has 1 fully saturated rings. The van der Waals surface area contributed by atoms with Gasteiger partial charge in [-0.05, 0) is 37.1 Å².